The van der Waals surface area contributed by atoms with E-state index in [2.05, 4.69) is 46.2 Å². The second-order valence-corrected chi connectivity index (χ2v) is 9.54. The number of nitrogens with zero attached hydrogens (tertiary/aromatic N) is 6. The molecule has 186 valence electrons. The Morgan fingerprint density at radius 1 is 1.00 bits per heavy atom. The smallest absolute Gasteiger partial charge is 0.276 e. The van der Waals surface area contributed by atoms with E-state index in [4.69, 9.17) is 0 Å². The van der Waals surface area contributed by atoms with Crippen molar-refractivity contribution < 1.29 is 4.79 Å². The maximum absolute atomic E-state index is 13.1. The normalized spacial score (nSPS) is 13.5. The number of amides is 1. The van der Waals surface area contributed by atoms with Crippen LogP contribution in [0.25, 0.3) is 22.0 Å². The zero-order chi connectivity index (χ0) is 25.1. The maximum Gasteiger partial charge on any atom is 0.276 e. The number of carbonyl (C=O) groups excluding carboxylic acids is 1. The van der Waals surface area contributed by atoms with Crippen molar-refractivity contribution >= 4 is 34.0 Å². The van der Waals surface area contributed by atoms with Crippen molar-refractivity contribution in [3.63, 3.8) is 0 Å². The van der Waals surface area contributed by atoms with E-state index >= 15 is 0 Å². The predicted octanol–water partition coefficient (Wildman–Crippen LogP) is 3.87. The topological polar surface area (TPSA) is 93.3 Å². The maximum atomic E-state index is 13.1. The van der Waals surface area contributed by atoms with Crippen LogP contribution in [0.3, 0.4) is 0 Å². The van der Waals surface area contributed by atoms with Gasteiger partial charge in [0, 0.05) is 50.4 Å². The van der Waals surface area contributed by atoms with Crippen LogP contribution < -0.4 is 15.1 Å². The van der Waals surface area contributed by atoms with Crippen LogP contribution >= 0.6 is 0 Å². The number of hydrogen-bond donors (Lipinski definition) is 2. The molecular weight excluding hydrogens is 452 g/mol. The third kappa shape index (κ3) is 5.16. The molecule has 36 heavy (non-hydrogen) atoms. The van der Waals surface area contributed by atoms with Gasteiger partial charge in [-0.3, -0.25) is 14.9 Å². The highest BCUT2D eigenvalue weighted by Crippen LogP contribution is 2.29. The van der Waals surface area contributed by atoms with Crippen molar-refractivity contribution in [1.82, 2.24) is 25.1 Å². The molecule has 9 heteroatoms. The summed E-state index contributed by atoms with van der Waals surface area (Å²) in [5.74, 6) is 0.576. The van der Waals surface area contributed by atoms with Gasteiger partial charge in [-0.25, -0.2) is 4.98 Å². The molecule has 0 aliphatic carbocycles. The van der Waals surface area contributed by atoms with Gasteiger partial charge in [-0.15, -0.1) is 0 Å². The van der Waals surface area contributed by atoms with Gasteiger partial charge in [0.2, 0.25) is 0 Å². The van der Waals surface area contributed by atoms with E-state index in [9.17, 15) is 4.79 Å². The van der Waals surface area contributed by atoms with Crippen molar-refractivity contribution in [2.45, 2.75) is 12.8 Å². The Bertz CT molecular complexity index is 1340. The Hall–Kier alpha value is -3.98. The van der Waals surface area contributed by atoms with Gasteiger partial charge in [0.05, 0.1) is 29.3 Å². The molecule has 9 nitrogen and oxygen atoms in total. The number of pyridine rings is 2. The monoisotopic (exact) mass is 484 g/mol. The number of fused-ring (bicyclic) bond motifs is 1. The first-order valence-corrected chi connectivity index (χ1v) is 12.3. The summed E-state index contributed by atoms with van der Waals surface area (Å²) in [5, 5.41) is 11.0. The van der Waals surface area contributed by atoms with Crippen LogP contribution in [0.15, 0.2) is 55.0 Å². The van der Waals surface area contributed by atoms with E-state index in [1.807, 2.05) is 63.9 Å². The molecule has 4 aromatic rings. The Morgan fingerprint density at radius 2 is 1.83 bits per heavy atom. The molecule has 1 amide bonds. The fourth-order valence-electron chi connectivity index (χ4n) is 4.44. The Balaban J connectivity index is 1.33. The number of benzene rings is 1. The van der Waals surface area contributed by atoms with Gasteiger partial charge in [0.15, 0.2) is 5.69 Å². The zero-order valence-corrected chi connectivity index (χ0v) is 21.0. The molecule has 1 aromatic carbocycles. The predicted molar refractivity (Wildman–Crippen MR) is 145 cm³/mol. The van der Waals surface area contributed by atoms with Crippen LogP contribution in [0, 0.1) is 0 Å². The summed E-state index contributed by atoms with van der Waals surface area (Å²) in [6.07, 6.45) is 7.89. The first-order valence-electron chi connectivity index (χ1n) is 12.3. The van der Waals surface area contributed by atoms with Crippen LogP contribution in [-0.4, -0.2) is 78.3 Å². The van der Waals surface area contributed by atoms with Crippen LogP contribution in [0.2, 0.25) is 0 Å². The van der Waals surface area contributed by atoms with Crippen LogP contribution in [0.5, 0.6) is 0 Å². The second kappa shape index (κ2) is 10.3. The molecule has 1 aliphatic rings. The van der Waals surface area contributed by atoms with Crippen LogP contribution in [0.1, 0.15) is 23.3 Å². The van der Waals surface area contributed by atoms with Gasteiger partial charge in [-0.1, -0.05) is 6.07 Å². The molecular formula is C27H32N8O. The molecule has 2 N–H and O–H groups in total. The van der Waals surface area contributed by atoms with E-state index in [-0.39, 0.29) is 5.91 Å². The quantitative estimate of drug-likeness (QED) is 0.392. The van der Waals surface area contributed by atoms with E-state index in [0.29, 0.717) is 11.4 Å². The molecule has 0 unspecified atom stereocenters. The average molecular weight is 485 g/mol. The third-order valence-corrected chi connectivity index (χ3v) is 6.59. The fraction of sp³-hybridized carbons (Fsp3) is 0.333. The van der Waals surface area contributed by atoms with Gasteiger partial charge >= 0.3 is 0 Å². The molecule has 0 atom stereocenters. The highest BCUT2D eigenvalue weighted by molar-refractivity contribution is 6.11. The Morgan fingerprint density at radius 3 is 2.58 bits per heavy atom. The lowest BCUT2D eigenvalue weighted by Gasteiger charge is -2.20. The van der Waals surface area contributed by atoms with Crippen molar-refractivity contribution in [1.29, 1.82) is 0 Å². The van der Waals surface area contributed by atoms with Gasteiger partial charge in [0.25, 0.3) is 5.91 Å². The molecule has 5 rings (SSSR count). The summed E-state index contributed by atoms with van der Waals surface area (Å²) in [4.78, 5) is 28.7. The van der Waals surface area contributed by atoms with Crippen molar-refractivity contribution in [3.8, 4) is 11.1 Å². The average Bonchev–Trinajstić information content (AvgIpc) is 3.58. The molecule has 4 heterocycles. The minimum Gasteiger partial charge on any atom is -0.370 e. The number of aromatic amines is 1. The summed E-state index contributed by atoms with van der Waals surface area (Å²) >= 11 is 0. The molecule has 0 bridgehead atoms. The lowest BCUT2D eigenvalue weighted by Crippen LogP contribution is -2.28. The second-order valence-electron chi connectivity index (χ2n) is 9.54. The van der Waals surface area contributed by atoms with E-state index in [0.717, 1.165) is 59.7 Å². The van der Waals surface area contributed by atoms with E-state index in [1.165, 1.54) is 12.8 Å². The number of anilines is 3. The van der Waals surface area contributed by atoms with E-state index in [1.54, 1.807) is 6.20 Å². The summed E-state index contributed by atoms with van der Waals surface area (Å²) < 4.78 is 0. The van der Waals surface area contributed by atoms with Crippen LogP contribution in [0.4, 0.5) is 17.2 Å². The Kier molecular flexibility index (Phi) is 6.81. The number of likely N-dealkylation sites (N-methyl/N-ethyl adjacent to an activating group) is 2. The number of nitrogens with one attached hydrogen (secondary N) is 2. The van der Waals surface area contributed by atoms with Crippen molar-refractivity contribution in [3.05, 3.63) is 60.7 Å². The van der Waals surface area contributed by atoms with E-state index < -0.39 is 0 Å². The number of hydrogen-bond acceptors (Lipinski definition) is 7. The van der Waals surface area contributed by atoms with Gasteiger partial charge < -0.3 is 20.0 Å². The Labute approximate surface area is 211 Å². The highest BCUT2D eigenvalue weighted by Gasteiger charge is 2.17. The SMILES string of the molecule is CN(C)CCN(C)c1ccc(NC(=O)c2n[nH]c3ccc(-c4cncc(N5CCCC5)c4)cc23)cn1. The van der Waals surface area contributed by atoms with Gasteiger partial charge in [-0.05, 0) is 62.8 Å². The lowest BCUT2D eigenvalue weighted by atomic mass is 10.0. The van der Waals surface area contributed by atoms with Gasteiger partial charge in [-0.2, -0.15) is 5.10 Å². The molecule has 1 fully saturated rings. The number of rotatable bonds is 8. The van der Waals surface area contributed by atoms with Crippen molar-refractivity contribution in [2.75, 3.05) is 62.4 Å². The van der Waals surface area contributed by atoms with Crippen LogP contribution in [-0.2, 0) is 0 Å². The summed E-state index contributed by atoms with van der Waals surface area (Å²) in [6, 6.07) is 11.9. The molecule has 0 radical (unpaired) electrons. The number of H-pyrrole nitrogens is 1. The minimum atomic E-state index is -0.280. The zero-order valence-electron chi connectivity index (χ0n) is 21.0. The summed E-state index contributed by atoms with van der Waals surface area (Å²) in [7, 11) is 6.10. The largest absolute Gasteiger partial charge is 0.370 e. The van der Waals surface area contributed by atoms with Gasteiger partial charge in [0.1, 0.15) is 5.82 Å². The molecule has 1 saturated heterocycles. The first-order chi connectivity index (χ1) is 17.5. The minimum absolute atomic E-state index is 0.280. The lowest BCUT2D eigenvalue weighted by molar-refractivity contribution is 0.102. The fourth-order valence-corrected chi connectivity index (χ4v) is 4.44. The summed E-state index contributed by atoms with van der Waals surface area (Å²) in [6.45, 7) is 3.93. The molecule has 1 aliphatic heterocycles. The molecule has 0 saturated carbocycles. The standard InChI is InChI=1S/C27H32N8O/c1-33(2)12-13-34(3)25-9-7-21(17-29-25)30-27(36)26-23-15-19(6-8-24(23)31-32-26)20-14-22(18-28-16-20)35-10-4-5-11-35/h6-9,14-18H,4-5,10-13H2,1-3H3,(H,30,36)(H,31,32). The molecule has 3 aromatic heterocycles. The first kappa shape index (κ1) is 23.7. The number of aromatic nitrogens is 4. The number of carbonyl (C=O) groups is 1. The summed E-state index contributed by atoms with van der Waals surface area (Å²) in [5.41, 5.74) is 4.94. The third-order valence-electron chi connectivity index (χ3n) is 6.59. The molecule has 0 spiro atoms. The highest BCUT2D eigenvalue weighted by atomic mass is 16.1. The van der Waals surface area contributed by atoms with Crippen molar-refractivity contribution in [2.24, 2.45) is 0 Å².